The molecule has 0 amide bonds. The van der Waals surface area contributed by atoms with E-state index in [0.717, 1.165) is 12.3 Å². The molecule has 0 spiro atoms. The lowest BCUT2D eigenvalue weighted by Gasteiger charge is -2.03. The molecule has 3 heteroatoms. The van der Waals surface area contributed by atoms with E-state index in [1.165, 1.54) is 24.1 Å². The van der Waals surface area contributed by atoms with Gasteiger partial charge in [-0.25, -0.2) is 0 Å². The van der Waals surface area contributed by atoms with E-state index in [4.69, 9.17) is 5.73 Å². The molecule has 13 heavy (non-hydrogen) atoms. The van der Waals surface area contributed by atoms with E-state index >= 15 is 0 Å². The predicted octanol–water partition coefficient (Wildman–Crippen LogP) is 1.19. The van der Waals surface area contributed by atoms with E-state index in [9.17, 15) is 0 Å². The second-order valence-electron chi connectivity index (χ2n) is 4.17. The molecule has 0 bridgehead atoms. The molecule has 3 nitrogen and oxygen atoms in total. The van der Waals surface area contributed by atoms with Crippen LogP contribution in [-0.2, 0) is 13.5 Å². The van der Waals surface area contributed by atoms with Gasteiger partial charge in [0.05, 0.1) is 5.69 Å². The second kappa shape index (κ2) is 3.14. The van der Waals surface area contributed by atoms with Gasteiger partial charge in [0.15, 0.2) is 0 Å². The molecular weight excluding hydrogens is 162 g/mol. The van der Waals surface area contributed by atoms with Gasteiger partial charge in [0.25, 0.3) is 0 Å². The molecule has 72 valence electrons. The lowest BCUT2D eigenvalue weighted by molar-refractivity contribution is 0.731. The Balaban J connectivity index is 2.21. The first-order valence-electron chi connectivity index (χ1n) is 4.95. The van der Waals surface area contributed by atoms with Crippen LogP contribution in [0.5, 0.6) is 0 Å². The maximum atomic E-state index is 5.79. The normalized spacial score (nSPS) is 19.0. The highest BCUT2D eigenvalue weighted by Gasteiger charge is 2.28. The van der Waals surface area contributed by atoms with Crippen LogP contribution >= 0.6 is 0 Å². The van der Waals surface area contributed by atoms with Crippen molar-refractivity contribution in [2.75, 3.05) is 0 Å². The fourth-order valence-corrected chi connectivity index (χ4v) is 1.76. The van der Waals surface area contributed by atoms with E-state index in [-0.39, 0.29) is 6.04 Å². The molecule has 1 fully saturated rings. The van der Waals surface area contributed by atoms with Crippen molar-refractivity contribution in [1.82, 2.24) is 9.78 Å². The molecule has 1 aliphatic carbocycles. The summed E-state index contributed by atoms with van der Waals surface area (Å²) < 4.78 is 1.91. The minimum absolute atomic E-state index is 0.238. The third-order valence-corrected chi connectivity index (χ3v) is 2.44. The quantitative estimate of drug-likeness (QED) is 0.757. The third kappa shape index (κ3) is 1.91. The Labute approximate surface area is 78.9 Å². The van der Waals surface area contributed by atoms with Crippen molar-refractivity contribution in [3.63, 3.8) is 0 Å². The largest absolute Gasteiger partial charge is 0.328 e. The molecule has 0 saturated heterocycles. The van der Waals surface area contributed by atoms with Gasteiger partial charge in [-0.1, -0.05) is 0 Å². The Bertz CT molecular complexity index is 297. The molecule has 0 radical (unpaired) electrons. The summed E-state index contributed by atoms with van der Waals surface area (Å²) >= 11 is 0. The monoisotopic (exact) mass is 179 g/mol. The lowest BCUT2D eigenvalue weighted by atomic mass is 10.1. The van der Waals surface area contributed by atoms with E-state index in [2.05, 4.69) is 11.3 Å². The average Bonchev–Trinajstić information content (AvgIpc) is 2.77. The Morgan fingerprint density at radius 1 is 1.69 bits per heavy atom. The van der Waals surface area contributed by atoms with E-state index < -0.39 is 0 Å². The van der Waals surface area contributed by atoms with Crippen molar-refractivity contribution in [2.45, 2.75) is 38.1 Å². The van der Waals surface area contributed by atoms with E-state index in [1.807, 2.05) is 18.7 Å². The zero-order chi connectivity index (χ0) is 9.42. The standard InChI is InChI=1S/C10H17N3/c1-7(11)5-9-6-13(2)12-10(9)8-3-4-8/h6-8H,3-5,11H2,1-2H3. The molecule has 1 aromatic rings. The van der Waals surface area contributed by atoms with Gasteiger partial charge in [-0.05, 0) is 31.7 Å². The van der Waals surface area contributed by atoms with Crippen molar-refractivity contribution in [3.05, 3.63) is 17.5 Å². The molecule has 2 rings (SSSR count). The van der Waals surface area contributed by atoms with Crippen molar-refractivity contribution in [1.29, 1.82) is 0 Å². The topological polar surface area (TPSA) is 43.8 Å². The molecule has 0 aromatic carbocycles. The summed E-state index contributed by atoms with van der Waals surface area (Å²) in [5.41, 5.74) is 8.42. The van der Waals surface area contributed by atoms with Crippen LogP contribution in [0.3, 0.4) is 0 Å². The fraction of sp³-hybridized carbons (Fsp3) is 0.700. The van der Waals surface area contributed by atoms with Crippen molar-refractivity contribution in [3.8, 4) is 0 Å². The zero-order valence-corrected chi connectivity index (χ0v) is 8.33. The Morgan fingerprint density at radius 3 is 2.92 bits per heavy atom. The predicted molar refractivity (Wildman–Crippen MR) is 52.5 cm³/mol. The van der Waals surface area contributed by atoms with Gasteiger partial charge in [-0.15, -0.1) is 0 Å². The van der Waals surface area contributed by atoms with E-state index in [1.54, 1.807) is 0 Å². The van der Waals surface area contributed by atoms with E-state index in [0.29, 0.717) is 0 Å². The van der Waals surface area contributed by atoms with Crippen LogP contribution in [0.4, 0.5) is 0 Å². The molecule has 1 heterocycles. The maximum absolute atomic E-state index is 5.79. The fourth-order valence-electron chi connectivity index (χ4n) is 1.76. The summed E-state index contributed by atoms with van der Waals surface area (Å²) in [6, 6.07) is 0.238. The minimum Gasteiger partial charge on any atom is -0.328 e. The summed E-state index contributed by atoms with van der Waals surface area (Å²) in [6.07, 6.45) is 5.68. The number of hydrogen-bond donors (Lipinski definition) is 1. The van der Waals surface area contributed by atoms with Crippen LogP contribution in [0.15, 0.2) is 6.20 Å². The molecule has 1 aliphatic rings. The molecule has 0 aliphatic heterocycles. The first-order valence-corrected chi connectivity index (χ1v) is 4.95. The highest BCUT2D eigenvalue weighted by atomic mass is 15.3. The Hall–Kier alpha value is -0.830. The first kappa shape index (κ1) is 8.75. The van der Waals surface area contributed by atoms with Crippen LogP contribution in [0.1, 0.15) is 36.9 Å². The molecule has 1 atom stereocenters. The number of nitrogens with two attached hydrogens (primary N) is 1. The minimum atomic E-state index is 0.238. The number of hydrogen-bond acceptors (Lipinski definition) is 2. The Morgan fingerprint density at radius 2 is 2.38 bits per heavy atom. The smallest absolute Gasteiger partial charge is 0.0687 e. The van der Waals surface area contributed by atoms with Gasteiger partial charge in [-0.3, -0.25) is 4.68 Å². The van der Waals surface area contributed by atoms with Gasteiger partial charge in [-0.2, -0.15) is 5.10 Å². The first-order chi connectivity index (χ1) is 6.16. The molecule has 2 N–H and O–H groups in total. The highest BCUT2D eigenvalue weighted by Crippen LogP contribution is 2.40. The van der Waals surface area contributed by atoms with Crippen LogP contribution < -0.4 is 5.73 Å². The number of aromatic nitrogens is 2. The SMILES string of the molecule is CC(N)Cc1cn(C)nc1C1CC1. The van der Waals surface area contributed by atoms with Crippen LogP contribution in [0, 0.1) is 0 Å². The number of aryl methyl sites for hydroxylation is 1. The molecule has 1 saturated carbocycles. The van der Waals surface area contributed by atoms with Gasteiger partial charge in [0.1, 0.15) is 0 Å². The highest BCUT2D eigenvalue weighted by molar-refractivity contribution is 5.25. The summed E-state index contributed by atoms with van der Waals surface area (Å²) in [5, 5.41) is 4.49. The molecule has 1 unspecified atom stereocenters. The van der Waals surface area contributed by atoms with Gasteiger partial charge in [0.2, 0.25) is 0 Å². The third-order valence-electron chi connectivity index (χ3n) is 2.44. The van der Waals surface area contributed by atoms with Gasteiger partial charge >= 0.3 is 0 Å². The number of rotatable bonds is 3. The van der Waals surface area contributed by atoms with Crippen LogP contribution in [0.25, 0.3) is 0 Å². The van der Waals surface area contributed by atoms with Gasteiger partial charge < -0.3 is 5.73 Å². The Kier molecular flexibility index (Phi) is 2.12. The molecule has 1 aromatic heterocycles. The zero-order valence-electron chi connectivity index (χ0n) is 8.33. The summed E-state index contributed by atoms with van der Waals surface area (Å²) in [5.74, 6) is 0.731. The summed E-state index contributed by atoms with van der Waals surface area (Å²) in [4.78, 5) is 0. The van der Waals surface area contributed by atoms with Crippen LogP contribution in [-0.4, -0.2) is 15.8 Å². The average molecular weight is 179 g/mol. The number of nitrogens with zero attached hydrogens (tertiary/aromatic N) is 2. The molecular formula is C10H17N3. The van der Waals surface area contributed by atoms with Gasteiger partial charge in [0, 0.05) is 25.2 Å². The maximum Gasteiger partial charge on any atom is 0.0687 e. The second-order valence-corrected chi connectivity index (χ2v) is 4.17. The lowest BCUT2D eigenvalue weighted by Crippen LogP contribution is -2.18. The van der Waals surface area contributed by atoms with Crippen molar-refractivity contribution in [2.24, 2.45) is 12.8 Å². The summed E-state index contributed by atoms with van der Waals surface area (Å²) in [7, 11) is 1.98. The summed E-state index contributed by atoms with van der Waals surface area (Å²) in [6.45, 7) is 2.05. The van der Waals surface area contributed by atoms with Crippen molar-refractivity contribution < 1.29 is 0 Å². The van der Waals surface area contributed by atoms with Crippen LogP contribution in [0.2, 0.25) is 0 Å². The van der Waals surface area contributed by atoms with Crippen molar-refractivity contribution >= 4 is 0 Å².